The molecular formula is C15H14ClN3O2S. The van der Waals surface area contributed by atoms with Crippen LogP contribution in [0.15, 0.2) is 24.3 Å². The smallest absolute Gasteiger partial charge is 0.324 e. The summed E-state index contributed by atoms with van der Waals surface area (Å²) < 4.78 is 0. The fraction of sp³-hybridized carbons (Fsp3) is 0.200. The van der Waals surface area contributed by atoms with Gasteiger partial charge in [-0.05, 0) is 49.1 Å². The van der Waals surface area contributed by atoms with Crippen LogP contribution in [-0.4, -0.2) is 11.9 Å². The number of nitrogens with two attached hydrogens (primary N) is 1. The summed E-state index contributed by atoms with van der Waals surface area (Å²) in [6, 6.07) is 6.36. The fourth-order valence-corrected chi connectivity index (χ4v) is 3.97. The van der Waals surface area contributed by atoms with Crippen molar-refractivity contribution in [2.75, 3.05) is 10.6 Å². The molecule has 1 aromatic heterocycles. The van der Waals surface area contributed by atoms with E-state index in [4.69, 9.17) is 17.3 Å². The van der Waals surface area contributed by atoms with Crippen LogP contribution in [0.4, 0.5) is 15.5 Å². The lowest BCUT2D eigenvalue weighted by molar-refractivity contribution is 0.100. The lowest BCUT2D eigenvalue weighted by Gasteiger charge is -2.08. The summed E-state index contributed by atoms with van der Waals surface area (Å²) in [5, 5.41) is 6.52. The van der Waals surface area contributed by atoms with Crippen LogP contribution in [0.5, 0.6) is 0 Å². The van der Waals surface area contributed by atoms with Gasteiger partial charge in [0.1, 0.15) is 5.00 Å². The molecule has 1 aromatic carbocycles. The van der Waals surface area contributed by atoms with Gasteiger partial charge in [-0.15, -0.1) is 11.3 Å². The molecule has 0 radical (unpaired) electrons. The third-order valence-corrected chi connectivity index (χ3v) is 4.96. The summed E-state index contributed by atoms with van der Waals surface area (Å²) in [6.07, 6.45) is 2.80. The number of urea groups is 1. The molecule has 22 heavy (non-hydrogen) atoms. The first kappa shape index (κ1) is 14.9. The molecule has 0 saturated carbocycles. The first-order chi connectivity index (χ1) is 10.5. The van der Waals surface area contributed by atoms with E-state index < -0.39 is 11.9 Å². The largest absolute Gasteiger partial charge is 0.365 e. The summed E-state index contributed by atoms with van der Waals surface area (Å²) in [4.78, 5) is 24.9. The standard InChI is InChI=1S/C15H14ClN3O2S/c16-8-4-6-9(7-5-8)18-15(21)19-14-12(13(17)20)10-2-1-3-11(10)22-14/h4-7H,1-3H2,(H2,17,20)(H2,18,19,21). The Morgan fingerprint density at radius 1 is 1.14 bits per heavy atom. The highest BCUT2D eigenvalue weighted by atomic mass is 35.5. The number of halogens is 1. The second kappa shape index (κ2) is 5.98. The van der Waals surface area contributed by atoms with Gasteiger partial charge in [-0.2, -0.15) is 0 Å². The molecule has 5 nitrogen and oxygen atoms in total. The number of amides is 3. The first-order valence-corrected chi connectivity index (χ1v) is 8.02. The summed E-state index contributed by atoms with van der Waals surface area (Å²) >= 11 is 7.22. The van der Waals surface area contributed by atoms with Crippen molar-refractivity contribution in [3.8, 4) is 0 Å². The van der Waals surface area contributed by atoms with Gasteiger partial charge in [-0.1, -0.05) is 11.6 Å². The highest BCUT2D eigenvalue weighted by molar-refractivity contribution is 7.17. The predicted octanol–water partition coefficient (Wildman–Crippen LogP) is 3.63. The average molecular weight is 336 g/mol. The molecule has 0 atom stereocenters. The van der Waals surface area contributed by atoms with E-state index in [1.807, 2.05) is 0 Å². The number of hydrogen-bond donors (Lipinski definition) is 3. The quantitative estimate of drug-likeness (QED) is 0.800. The molecule has 0 bridgehead atoms. The molecule has 0 aliphatic heterocycles. The summed E-state index contributed by atoms with van der Waals surface area (Å²) in [5.74, 6) is -0.499. The molecule has 1 aliphatic rings. The van der Waals surface area contributed by atoms with E-state index in [1.54, 1.807) is 24.3 Å². The van der Waals surface area contributed by atoms with Crippen molar-refractivity contribution < 1.29 is 9.59 Å². The minimum atomic E-state index is -0.499. The van der Waals surface area contributed by atoms with E-state index in [0.29, 0.717) is 21.3 Å². The molecule has 1 aliphatic carbocycles. The van der Waals surface area contributed by atoms with E-state index >= 15 is 0 Å². The number of aryl methyl sites for hydroxylation is 1. The molecule has 1 heterocycles. The number of anilines is 2. The summed E-state index contributed by atoms with van der Waals surface area (Å²) in [6.45, 7) is 0. The second-order valence-electron chi connectivity index (χ2n) is 5.01. The Bertz CT molecular complexity index is 740. The Balaban J connectivity index is 1.77. The zero-order valence-corrected chi connectivity index (χ0v) is 13.2. The van der Waals surface area contributed by atoms with Crippen LogP contribution in [0.1, 0.15) is 27.2 Å². The summed E-state index contributed by atoms with van der Waals surface area (Å²) in [5.41, 5.74) is 7.51. The van der Waals surface area contributed by atoms with Crippen molar-refractivity contribution in [3.63, 3.8) is 0 Å². The van der Waals surface area contributed by atoms with Crippen LogP contribution in [-0.2, 0) is 12.8 Å². The summed E-state index contributed by atoms with van der Waals surface area (Å²) in [7, 11) is 0. The molecule has 3 amide bonds. The van der Waals surface area contributed by atoms with E-state index in [9.17, 15) is 9.59 Å². The van der Waals surface area contributed by atoms with Gasteiger partial charge in [-0.25, -0.2) is 4.79 Å². The highest BCUT2D eigenvalue weighted by Gasteiger charge is 2.26. The topological polar surface area (TPSA) is 84.2 Å². The minimum absolute atomic E-state index is 0.412. The first-order valence-electron chi connectivity index (χ1n) is 6.82. The number of hydrogen-bond acceptors (Lipinski definition) is 3. The fourth-order valence-electron chi connectivity index (χ4n) is 2.55. The van der Waals surface area contributed by atoms with Gasteiger partial charge in [0.2, 0.25) is 0 Å². The van der Waals surface area contributed by atoms with E-state index in [1.165, 1.54) is 11.3 Å². The third-order valence-electron chi connectivity index (χ3n) is 3.50. The van der Waals surface area contributed by atoms with Gasteiger partial charge in [0.15, 0.2) is 0 Å². The SMILES string of the molecule is NC(=O)c1c(NC(=O)Nc2ccc(Cl)cc2)sc2c1CCC2. The van der Waals surface area contributed by atoms with Gasteiger partial charge >= 0.3 is 6.03 Å². The van der Waals surface area contributed by atoms with Crippen molar-refractivity contribution in [1.82, 2.24) is 0 Å². The number of nitrogens with one attached hydrogen (secondary N) is 2. The number of thiophene rings is 1. The van der Waals surface area contributed by atoms with E-state index in [0.717, 1.165) is 29.7 Å². The maximum Gasteiger partial charge on any atom is 0.324 e. The zero-order valence-electron chi connectivity index (χ0n) is 11.6. The molecule has 0 unspecified atom stereocenters. The molecule has 7 heteroatoms. The molecule has 3 rings (SSSR count). The van der Waals surface area contributed by atoms with Crippen LogP contribution >= 0.6 is 22.9 Å². The van der Waals surface area contributed by atoms with Crippen molar-refractivity contribution in [1.29, 1.82) is 0 Å². The normalized spacial score (nSPS) is 12.8. The monoisotopic (exact) mass is 335 g/mol. The van der Waals surface area contributed by atoms with Gasteiger partial charge in [0.25, 0.3) is 5.91 Å². The molecule has 0 fully saturated rings. The minimum Gasteiger partial charge on any atom is -0.365 e. The second-order valence-corrected chi connectivity index (χ2v) is 6.55. The van der Waals surface area contributed by atoms with E-state index in [-0.39, 0.29) is 0 Å². The van der Waals surface area contributed by atoms with Crippen LogP contribution in [0.25, 0.3) is 0 Å². The Hall–Kier alpha value is -2.05. The third kappa shape index (κ3) is 2.93. The number of primary amides is 1. The predicted molar refractivity (Wildman–Crippen MR) is 89.0 cm³/mol. The van der Waals surface area contributed by atoms with Crippen molar-refractivity contribution in [3.05, 3.63) is 45.3 Å². The Labute approximate surface area is 136 Å². The van der Waals surface area contributed by atoms with Crippen LogP contribution < -0.4 is 16.4 Å². The van der Waals surface area contributed by atoms with Gasteiger partial charge in [0, 0.05) is 15.6 Å². The number of carbonyl (C=O) groups is 2. The molecule has 114 valence electrons. The van der Waals surface area contributed by atoms with Crippen LogP contribution in [0.3, 0.4) is 0 Å². The Morgan fingerprint density at radius 3 is 2.55 bits per heavy atom. The number of fused-ring (bicyclic) bond motifs is 1. The highest BCUT2D eigenvalue weighted by Crippen LogP contribution is 2.38. The lowest BCUT2D eigenvalue weighted by Crippen LogP contribution is -2.21. The lowest BCUT2D eigenvalue weighted by atomic mass is 10.1. The molecule has 4 N–H and O–H groups in total. The van der Waals surface area contributed by atoms with Crippen molar-refractivity contribution in [2.45, 2.75) is 19.3 Å². The maximum atomic E-state index is 12.1. The zero-order chi connectivity index (χ0) is 15.7. The van der Waals surface area contributed by atoms with Crippen LogP contribution in [0, 0.1) is 0 Å². The van der Waals surface area contributed by atoms with Crippen molar-refractivity contribution in [2.24, 2.45) is 5.73 Å². The molecule has 2 aromatic rings. The van der Waals surface area contributed by atoms with Crippen LogP contribution in [0.2, 0.25) is 5.02 Å². The van der Waals surface area contributed by atoms with E-state index in [2.05, 4.69) is 10.6 Å². The maximum absolute atomic E-state index is 12.1. The molecular weight excluding hydrogens is 322 g/mol. The van der Waals surface area contributed by atoms with Gasteiger partial charge < -0.3 is 11.1 Å². The molecule has 0 spiro atoms. The number of carbonyl (C=O) groups excluding carboxylic acids is 2. The van der Waals surface area contributed by atoms with Crippen molar-refractivity contribution >= 4 is 45.6 Å². The van der Waals surface area contributed by atoms with Gasteiger partial charge in [-0.3, -0.25) is 10.1 Å². The number of rotatable bonds is 3. The Morgan fingerprint density at radius 2 is 1.86 bits per heavy atom. The average Bonchev–Trinajstić information content (AvgIpc) is 3.01. The Kier molecular flexibility index (Phi) is 4.04. The number of benzene rings is 1. The van der Waals surface area contributed by atoms with Gasteiger partial charge in [0.05, 0.1) is 5.56 Å². The molecule has 0 saturated heterocycles.